The Bertz CT molecular complexity index is 3010. The van der Waals surface area contributed by atoms with Crippen LogP contribution in [0.25, 0.3) is 66.1 Å². The highest BCUT2D eigenvalue weighted by Gasteiger charge is 2.19. The third-order valence-corrected chi connectivity index (χ3v) is 8.64. The summed E-state index contributed by atoms with van der Waals surface area (Å²) in [5.74, 6) is 0. The van der Waals surface area contributed by atoms with Crippen LogP contribution in [0.15, 0.2) is 192 Å². The molecule has 0 N–H and O–H groups in total. The van der Waals surface area contributed by atoms with E-state index in [0.29, 0.717) is 11.4 Å². The molecule has 9 aromatic rings. The molecule has 0 spiro atoms. The van der Waals surface area contributed by atoms with Gasteiger partial charge in [0.15, 0.2) is 0 Å². The van der Waals surface area contributed by atoms with Crippen LogP contribution in [0, 0.1) is 0 Å². The normalized spacial score (nSPS) is 14.0. The molecule has 1 heterocycles. The van der Waals surface area contributed by atoms with Gasteiger partial charge in [-0.2, -0.15) is 0 Å². The highest BCUT2D eigenvalue weighted by Crippen LogP contribution is 2.43. The van der Waals surface area contributed by atoms with E-state index in [1.807, 2.05) is 109 Å². The van der Waals surface area contributed by atoms with Gasteiger partial charge < -0.3 is 9.32 Å². The van der Waals surface area contributed by atoms with Crippen LogP contribution in [0.4, 0.5) is 17.1 Å². The van der Waals surface area contributed by atoms with Gasteiger partial charge in [0.2, 0.25) is 0 Å². The van der Waals surface area contributed by atoms with E-state index in [1.165, 1.54) is 0 Å². The van der Waals surface area contributed by atoms with Gasteiger partial charge in [-0.15, -0.1) is 0 Å². The van der Waals surface area contributed by atoms with Gasteiger partial charge in [-0.05, 0) is 75.6 Å². The zero-order chi connectivity index (χ0) is 39.7. The molecular formula is C46H31NO. The fourth-order valence-electron chi connectivity index (χ4n) is 6.42. The summed E-state index contributed by atoms with van der Waals surface area (Å²) >= 11 is 0. The predicted octanol–water partition coefficient (Wildman–Crippen LogP) is 13.2. The zero-order valence-electron chi connectivity index (χ0n) is 34.6. The lowest BCUT2D eigenvalue weighted by molar-refractivity contribution is 0.673. The fourth-order valence-corrected chi connectivity index (χ4v) is 6.42. The maximum absolute atomic E-state index is 9.40. The number of furan rings is 1. The van der Waals surface area contributed by atoms with Gasteiger partial charge in [0, 0.05) is 33.1 Å². The van der Waals surface area contributed by atoms with Crippen molar-refractivity contribution >= 4 is 49.8 Å². The molecular weight excluding hydrogens is 583 g/mol. The van der Waals surface area contributed by atoms with Crippen molar-refractivity contribution in [2.24, 2.45) is 0 Å². The molecule has 0 atom stereocenters. The van der Waals surface area contributed by atoms with E-state index in [9.17, 15) is 5.48 Å². The molecule has 0 fully saturated rings. The standard InChI is InChI=1S/C46H31NO/c1-3-12-32(13-4-1)33-22-27-37(28-23-33)47(43-20-10-9-17-39(43)34-14-5-2-6-15-34)38-29-24-36(25-30-38)40-19-11-21-44-45(40)42-31-26-35-16-7-8-18-41(35)46(42)48-44/h1-31H/i1D,3D,4D,12D,13D,22D,23D,27D,28D. The Kier molecular flexibility index (Phi) is 4.90. The van der Waals surface area contributed by atoms with E-state index in [4.69, 9.17) is 11.3 Å². The van der Waals surface area contributed by atoms with E-state index in [2.05, 4.69) is 24.3 Å². The van der Waals surface area contributed by atoms with E-state index < -0.39 is 54.4 Å². The lowest BCUT2D eigenvalue weighted by atomic mass is 9.97. The summed E-state index contributed by atoms with van der Waals surface area (Å²) in [7, 11) is 0. The molecule has 0 saturated carbocycles. The largest absolute Gasteiger partial charge is 0.455 e. The first kappa shape index (κ1) is 20.0. The molecule has 8 aromatic carbocycles. The van der Waals surface area contributed by atoms with E-state index in [-0.39, 0.29) is 16.8 Å². The van der Waals surface area contributed by atoms with Crippen molar-refractivity contribution in [3.63, 3.8) is 0 Å². The molecule has 226 valence electrons. The Morgan fingerprint density at radius 2 is 1.12 bits per heavy atom. The Morgan fingerprint density at radius 3 is 1.96 bits per heavy atom. The predicted molar refractivity (Wildman–Crippen MR) is 202 cm³/mol. The van der Waals surface area contributed by atoms with Crippen molar-refractivity contribution in [3.8, 4) is 33.4 Å². The molecule has 0 aliphatic carbocycles. The number of hydrogen-bond acceptors (Lipinski definition) is 2. The summed E-state index contributed by atoms with van der Waals surface area (Å²) < 4.78 is 85.3. The molecule has 0 bridgehead atoms. The summed E-state index contributed by atoms with van der Waals surface area (Å²) in [6.07, 6.45) is 0. The van der Waals surface area contributed by atoms with E-state index in [1.54, 1.807) is 4.90 Å². The lowest BCUT2D eigenvalue weighted by Gasteiger charge is -2.28. The topological polar surface area (TPSA) is 16.4 Å². The molecule has 0 radical (unpaired) electrons. The monoisotopic (exact) mass is 622 g/mol. The minimum absolute atomic E-state index is 0.0629. The van der Waals surface area contributed by atoms with Crippen molar-refractivity contribution in [2.45, 2.75) is 0 Å². The second-order valence-electron chi connectivity index (χ2n) is 11.4. The molecule has 0 saturated heterocycles. The van der Waals surface area contributed by atoms with E-state index >= 15 is 0 Å². The minimum atomic E-state index is -0.627. The highest BCUT2D eigenvalue weighted by atomic mass is 16.3. The smallest absolute Gasteiger partial charge is 0.143 e. The van der Waals surface area contributed by atoms with Crippen molar-refractivity contribution in [3.05, 3.63) is 188 Å². The average molecular weight is 623 g/mol. The molecule has 0 unspecified atom stereocenters. The van der Waals surface area contributed by atoms with Crippen molar-refractivity contribution in [2.75, 3.05) is 4.90 Å². The number of benzene rings is 8. The molecule has 2 heteroatoms. The first-order valence-corrected chi connectivity index (χ1v) is 15.6. The van der Waals surface area contributed by atoms with Crippen LogP contribution in [0.3, 0.4) is 0 Å². The number of rotatable bonds is 6. The van der Waals surface area contributed by atoms with Crippen LogP contribution in [0.5, 0.6) is 0 Å². The third-order valence-electron chi connectivity index (χ3n) is 8.64. The van der Waals surface area contributed by atoms with Crippen molar-refractivity contribution < 1.29 is 16.8 Å². The average Bonchev–Trinajstić information content (AvgIpc) is 3.64. The van der Waals surface area contributed by atoms with Gasteiger partial charge in [-0.3, -0.25) is 0 Å². The first-order valence-electron chi connectivity index (χ1n) is 20.1. The summed E-state index contributed by atoms with van der Waals surface area (Å²) in [5.41, 5.74) is 5.37. The van der Waals surface area contributed by atoms with Crippen LogP contribution in [0.1, 0.15) is 12.3 Å². The van der Waals surface area contributed by atoms with Gasteiger partial charge in [0.1, 0.15) is 11.2 Å². The van der Waals surface area contributed by atoms with Crippen LogP contribution >= 0.6 is 0 Å². The van der Waals surface area contributed by atoms with Gasteiger partial charge in [-0.25, -0.2) is 0 Å². The lowest BCUT2D eigenvalue weighted by Crippen LogP contribution is -2.11. The zero-order valence-corrected chi connectivity index (χ0v) is 25.6. The Hall–Kier alpha value is -6.38. The molecule has 0 aliphatic heterocycles. The summed E-state index contributed by atoms with van der Waals surface area (Å²) in [6.45, 7) is 0. The molecule has 48 heavy (non-hydrogen) atoms. The number of anilines is 3. The Labute approximate surface area is 292 Å². The maximum Gasteiger partial charge on any atom is 0.143 e. The van der Waals surface area contributed by atoms with Crippen molar-refractivity contribution in [1.29, 1.82) is 0 Å². The number of fused-ring (bicyclic) bond motifs is 5. The summed E-state index contributed by atoms with van der Waals surface area (Å²) in [5, 5.41) is 4.07. The van der Waals surface area contributed by atoms with Crippen LogP contribution in [-0.4, -0.2) is 0 Å². The van der Waals surface area contributed by atoms with Gasteiger partial charge in [-0.1, -0.05) is 145 Å². The maximum atomic E-state index is 9.40. The molecule has 9 rings (SSSR count). The van der Waals surface area contributed by atoms with Crippen LogP contribution < -0.4 is 4.90 Å². The minimum Gasteiger partial charge on any atom is -0.455 e. The Morgan fingerprint density at radius 1 is 0.438 bits per heavy atom. The first-order chi connectivity index (χ1) is 27.6. The molecule has 0 amide bonds. The summed E-state index contributed by atoms with van der Waals surface area (Å²) in [4.78, 5) is 1.69. The number of hydrogen-bond donors (Lipinski definition) is 0. The number of nitrogens with zero attached hydrogens (tertiary/aromatic N) is 1. The van der Waals surface area contributed by atoms with Gasteiger partial charge in [0.05, 0.1) is 18.0 Å². The third kappa shape index (κ3) is 4.83. The van der Waals surface area contributed by atoms with Gasteiger partial charge >= 0.3 is 0 Å². The second kappa shape index (κ2) is 11.8. The number of para-hydroxylation sites is 1. The Balaban J connectivity index is 1.26. The molecule has 1 aromatic heterocycles. The quantitative estimate of drug-likeness (QED) is 0.183. The van der Waals surface area contributed by atoms with Gasteiger partial charge in [0.25, 0.3) is 0 Å². The molecule has 2 nitrogen and oxygen atoms in total. The van der Waals surface area contributed by atoms with Crippen LogP contribution in [-0.2, 0) is 0 Å². The SMILES string of the molecule is [2H]c1c([2H])c([2H])c(-c2c([2H])c([2H])c(N(c3ccc(-c4cccc5oc6c7ccccc7ccc6c45)cc3)c3ccccc3-c3ccccc3)c([2H])c2[2H])c([2H])c1[2H]. The van der Waals surface area contributed by atoms with E-state index in [0.717, 1.165) is 55.0 Å². The highest BCUT2D eigenvalue weighted by molar-refractivity contribution is 6.19. The van der Waals surface area contributed by atoms with Crippen LogP contribution in [0.2, 0.25) is 0 Å². The summed E-state index contributed by atoms with van der Waals surface area (Å²) in [6, 6.07) is 38.1. The molecule has 0 aliphatic rings. The van der Waals surface area contributed by atoms with Crippen molar-refractivity contribution in [1.82, 2.24) is 0 Å². The second-order valence-corrected chi connectivity index (χ2v) is 11.4. The fraction of sp³-hybridized carbons (Fsp3) is 0.